The van der Waals surface area contributed by atoms with Gasteiger partial charge in [-0.1, -0.05) is 12.1 Å². The van der Waals surface area contributed by atoms with Gasteiger partial charge in [0.05, 0.1) is 6.54 Å². The number of nitrogens with zero attached hydrogens (tertiary/aromatic N) is 4. The molecule has 7 heteroatoms. The minimum Gasteiger partial charge on any atom is -0.448 e. The van der Waals surface area contributed by atoms with Crippen molar-refractivity contribution in [1.82, 2.24) is 19.9 Å². The highest BCUT2D eigenvalue weighted by atomic mass is 16.6. The molecule has 28 heavy (non-hydrogen) atoms. The van der Waals surface area contributed by atoms with Crippen molar-refractivity contribution in [2.75, 3.05) is 25.0 Å². The van der Waals surface area contributed by atoms with Gasteiger partial charge in [-0.25, -0.2) is 14.8 Å². The Balaban J connectivity index is 1.43. The van der Waals surface area contributed by atoms with Crippen molar-refractivity contribution in [3.05, 3.63) is 66.1 Å². The summed E-state index contributed by atoms with van der Waals surface area (Å²) in [6.07, 6.45) is 4.04. The Hall–Kier alpha value is -3.48. The fourth-order valence-corrected chi connectivity index (χ4v) is 3.06. The van der Waals surface area contributed by atoms with E-state index < -0.39 is 0 Å². The first-order valence-electron chi connectivity index (χ1n) is 9.21. The maximum absolute atomic E-state index is 11.5. The smallest absolute Gasteiger partial charge is 0.409 e. The van der Waals surface area contributed by atoms with Gasteiger partial charge < -0.3 is 15.0 Å². The van der Waals surface area contributed by atoms with Crippen LogP contribution in [-0.2, 0) is 11.2 Å². The van der Waals surface area contributed by atoms with Gasteiger partial charge in [-0.2, -0.15) is 0 Å². The monoisotopic (exact) mass is 375 g/mol. The molecule has 1 aliphatic rings. The number of aryl methyl sites for hydroxylation is 1. The molecule has 3 aromatic rings. The number of ether oxygens (including phenoxy) is 1. The molecule has 0 aliphatic carbocycles. The minimum absolute atomic E-state index is 0.220. The van der Waals surface area contributed by atoms with E-state index in [0.717, 1.165) is 29.2 Å². The number of nitrogens with one attached hydrogen (secondary N) is 1. The van der Waals surface area contributed by atoms with E-state index in [-0.39, 0.29) is 6.09 Å². The van der Waals surface area contributed by atoms with Crippen LogP contribution < -0.4 is 5.32 Å². The maximum Gasteiger partial charge on any atom is 0.409 e. The molecular formula is C21H21N5O2. The van der Waals surface area contributed by atoms with Crippen LogP contribution in [0.5, 0.6) is 0 Å². The number of aromatic nitrogens is 3. The first-order chi connectivity index (χ1) is 13.7. The summed E-state index contributed by atoms with van der Waals surface area (Å²) in [5.41, 5.74) is 3.93. The zero-order valence-corrected chi connectivity index (χ0v) is 15.6. The minimum atomic E-state index is -0.220. The van der Waals surface area contributed by atoms with Gasteiger partial charge in [0.25, 0.3) is 0 Å². The topological polar surface area (TPSA) is 80.2 Å². The number of amides is 1. The Morgan fingerprint density at radius 2 is 1.89 bits per heavy atom. The maximum atomic E-state index is 11.5. The number of benzene rings is 1. The molecule has 0 bridgehead atoms. The van der Waals surface area contributed by atoms with Crippen molar-refractivity contribution in [2.24, 2.45) is 0 Å². The van der Waals surface area contributed by atoms with Gasteiger partial charge in [0.1, 0.15) is 12.4 Å². The van der Waals surface area contributed by atoms with E-state index in [4.69, 9.17) is 4.74 Å². The second-order valence-corrected chi connectivity index (χ2v) is 6.63. The number of carbonyl (C=O) groups is 1. The van der Waals surface area contributed by atoms with E-state index >= 15 is 0 Å². The number of cyclic esters (lactones) is 1. The average molecular weight is 375 g/mol. The van der Waals surface area contributed by atoms with Gasteiger partial charge in [-0.05, 0) is 43.2 Å². The molecule has 1 saturated heterocycles. The van der Waals surface area contributed by atoms with E-state index in [1.54, 1.807) is 17.3 Å². The first kappa shape index (κ1) is 17.9. The third kappa shape index (κ3) is 4.25. The van der Waals surface area contributed by atoms with Gasteiger partial charge in [0.15, 0.2) is 5.82 Å². The van der Waals surface area contributed by atoms with Crippen LogP contribution >= 0.6 is 0 Å². The molecule has 3 heterocycles. The van der Waals surface area contributed by atoms with Gasteiger partial charge in [0, 0.05) is 41.9 Å². The Morgan fingerprint density at radius 1 is 1.11 bits per heavy atom. The first-order valence-corrected chi connectivity index (χ1v) is 9.21. The summed E-state index contributed by atoms with van der Waals surface area (Å²) in [5.74, 6) is 1.41. The summed E-state index contributed by atoms with van der Waals surface area (Å²) in [7, 11) is 0. The van der Waals surface area contributed by atoms with Crippen LogP contribution in [0.15, 0.2) is 54.9 Å². The molecule has 1 amide bonds. The standard InChI is InChI=1S/C21H21N5O2/c1-15-14-19(25-20(23-15)17-6-9-22-10-7-17)24-18-4-2-16(3-5-18)8-11-26-12-13-28-21(26)27/h2-7,9-10,14H,8,11-13H2,1H3,(H,23,24,25). The van der Waals surface area contributed by atoms with Crippen LogP contribution in [0.3, 0.4) is 0 Å². The normalized spacial score (nSPS) is 13.5. The number of hydrogen-bond acceptors (Lipinski definition) is 6. The average Bonchev–Trinajstić information content (AvgIpc) is 3.12. The van der Waals surface area contributed by atoms with Crippen molar-refractivity contribution >= 4 is 17.6 Å². The molecule has 142 valence electrons. The predicted molar refractivity (Wildman–Crippen MR) is 106 cm³/mol. The van der Waals surface area contributed by atoms with Gasteiger partial charge in [-0.15, -0.1) is 0 Å². The van der Waals surface area contributed by atoms with E-state index in [2.05, 4.69) is 32.4 Å². The zero-order chi connectivity index (χ0) is 19.3. The van der Waals surface area contributed by atoms with E-state index in [1.165, 1.54) is 5.56 Å². The molecule has 0 spiro atoms. The van der Waals surface area contributed by atoms with Gasteiger partial charge in [0.2, 0.25) is 0 Å². The molecule has 4 rings (SSSR count). The van der Waals surface area contributed by atoms with Crippen LogP contribution in [-0.4, -0.2) is 45.6 Å². The molecule has 1 N–H and O–H groups in total. The molecule has 0 atom stereocenters. The van der Waals surface area contributed by atoms with Crippen LogP contribution in [0.1, 0.15) is 11.3 Å². The third-order valence-corrected chi connectivity index (χ3v) is 4.53. The Bertz CT molecular complexity index is 960. The summed E-state index contributed by atoms with van der Waals surface area (Å²) in [5, 5.41) is 3.34. The second-order valence-electron chi connectivity index (χ2n) is 6.63. The van der Waals surface area contributed by atoms with E-state index in [0.29, 0.717) is 25.5 Å². The fraction of sp³-hybridized carbons (Fsp3) is 0.238. The lowest BCUT2D eigenvalue weighted by molar-refractivity contribution is 0.159. The highest BCUT2D eigenvalue weighted by Gasteiger charge is 2.20. The highest BCUT2D eigenvalue weighted by molar-refractivity contribution is 5.69. The number of carbonyl (C=O) groups excluding carboxylic acids is 1. The number of anilines is 2. The lowest BCUT2D eigenvalue weighted by Gasteiger charge is -2.13. The predicted octanol–water partition coefficient (Wildman–Crippen LogP) is 3.59. The van der Waals surface area contributed by atoms with Crippen molar-refractivity contribution in [3.63, 3.8) is 0 Å². The third-order valence-electron chi connectivity index (χ3n) is 4.53. The summed E-state index contributed by atoms with van der Waals surface area (Å²) < 4.78 is 4.95. The van der Waals surface area contributed by atoms with Gasteiger partial charge >= 0.3 is 6.09 Å². The number of pyridine rings is 1. The lowest BCUT2D eigenvalue weighted by atomic mass is 10.1. The Labute approximate surface area is 163 Å². The SMILES string of the molecule is Cc1cc(Nc2ccc(CCN3CCOC3=O)cc2)nc(-c2ccncc2)n1. The van der Waals surface area contributed by atoms with Crippen LogP contribution in [0, 0.1) is 6.92 Å². The molecule has 7 nitrogen and oxygen atoms in total. The van der Waals surface area contributed by atoms with Crippen LogP contribution in [0.4, 0.5) is 16.3 Å². The number of rotatable bonds is 6. The molecule has 0 saturated carbocycles. The second kappa shape index (κ2) is 8.04. The molecular weight excluding hydrogens is 354 g/mol. The molecule has 1 aliphatic heterocycles. The highest BCUT2D eigenvalue weighted by Crippen LogP contribution is 2.20. The van der Waals surface area contributed by atoms with E-state index in [9.17, 15) is 4.79 Å². The molecule has 2 aromatic heterocycles. The van der Waals surface area contributed by atoms with Crippen LogP contribution in [0.25, 0.3) is 11.4 Å². The summed E-state index contributed by atoms with van der Waals surface area (Å²) in [4.78, 5) is 26.4. The van der Waals surface area contributed by atoms with Gasteiger partial charge in [-0.3, -0.25) is 4.98 Å². The molecule has 1 fully saturated rings. The van der Waals surface area contributed by atoms with Crippen molar-refractivity contribution < 1.29 is 9.53 Å². The fourth-order valence-electron chi connectivity index (χ4n) is 3.06. The zero-order valence-electron chi connectivity index (χ0n) is 15.6. The van der Waals surface area contributed by atoms with E-state index in [1.807, 2.05) is 37.3 Å². The van der Waals surface area contributed by atoms with Crippen molar-refractivity contribution in [1.29, 1.82) is 0 Å². The summed E-state index contributed by atoms with van der Waals surface area (Å²) in [6, 6.07) is 13.8. The summed E-state index contributed by atoms with van der Waals surface area (Å²) in [6.45, 7) is 3.78. The van der Waals surface area contributed by atoms with Crippen molar-refractivity contribution in [2.45, 2.75) is 13.3 Å². The quantitative estimate of drug-likeness (QED) is 0.709. The largest absolute Gasteiger partial charge is 0.448 e. The summed E-state index contributed by atoms with van der Waals surface area (Å²) >= 11 is 0. The van der Waals surface area contributed by atoms with Crippen LogP contribution in [0.2, 0.25) is 0 Å². The Kier molecular flexibility index (Phi) is 5.14. The Morgan fingerprint density at radius 3 is 2.61 bits per heavy atom. The molecule has 0 unspecified atom stereocenters. The lowest BCUT2D eigenvalue weighted by Crippen LogP contribution is -2.26. The van der Waals surface area contributed by atoms with Crippen molar-refractivity contribution in [3.8, 4) is 11.4 Å². The molecule has 1 aromatic carbocycles. The number of hydrogen-bond donors (Lipinski definition) is 1. The molecule has 0 radical (unpaired) electrons.